The van der Waals surface area contributed by atoms with Gasteiger partial charge in [-0.15, -0.1) is 0 Å². The Balaban J connectivity index is 1.32. The third-order valence-electron chi connectivity index (χ3n) is 8.27. The lowest BCUT2D eigenvalue weighted by Crippen LogP contribution is -2.52. The highest BCUT2D eigenvalue weighted by Gasteiger charge is 2.35. The van der Waals surface area contributed by atoms with Gasteiger partial charge in [0.05, 0.1) is 29.7 Å². The number of nitrogens with zero attached hydrogens (tertiary/aromatic N) is 4. The van der Waals surface area contributed by atoms with Crippen LogP contribution in [0, 0.1) is 6.92 Å². The number of likely N-dealkylation sites (tertiary alicyclic amines) is 1. The molecule has 222 valence electrons. The molecule has 2 aliphatic heterocycles. The predicted molar refractivity (Wildman–Crippen MR) is 160 cm³/mol. The first-order valence-electron chi connectivity index (χ1n) is 14.9. The molecule has 0 bridgehead atoms. The van der Waals surface area contributed by atoms with Gasteiger partial charge >= 0.3 is 0 Å². The lowest BCUT2D eigenvalue weighted by atomic mass is 9.94. The van der Waals surface area contributed by atoms with E-state index in [-0.39, 0.29) is 23.9 Å². The Hall–Kier alpha value is -4.41. The number of hydrogen-bond donors (Lipinski definition) is 3. The monoisotopic (exact) mass is 580 g/mol. The molecule has 0 unspecified atom stereocenters. The fraction of sp³-hybridized carbons (Fsp3) is 0.364. The fourth-order valence-corrected chi connectivity index (χ4v) is 6.10. The zero-order valence-corrected chi connectivity index (χ0v) is 24.1. The average molecular weight is 581 g/mol. The van der Waals surface area contributed by atoms with Crippen LogP contribution >= 0.6 is 0 Å². The van der Waals surface area contributed by atoms with Gasteiger partial charge in [-0.25, -0.2) is 4.98 Å². The summed E-state index contributed by atoms with van der Waals surface area (Å²) in [4.78, 5) is 42.7. The number of rotatable bonds is 9. The molecule has 10 nitrogen and oxygen atoms in total. The van der Waals surface area contributed by atoms with Crippen LogP contribution in [0.5, 0.6) is 0 Å². The van der Waals surface area contributed by atoms with E-state index in [1.165, 1.54) is 0 Å². The van der Waals surface area contributed by atoms with Gasteiger partial charge in [-0.3, -0.25) is 19.6 Å². The van der Waals surface area contributed by atoms with Gasteiger partial charge in [0.1, 0.15) is 12.3 Å². The topological polar surface area (TPSA) is 133 Å². The largest absolute Gasteiger partial charge is 0.446 e. The van der Waals surface area contributed by atoms with E-state index in [0.717, 1.165) is 43.5 Å². The van der Waals surface area contributed by atoms with Crippen LogP contribution in [-0.4, -0.2) is 68.0 Å². The van der Waals surface area contributed by atoms with E-state index in [9.17, 15) is 14.7 Å². The summed E-state index contributed by atoms with van der Waals surface area (Å²) in [6, 6.07) is 14.0. The Morgan fingerprint density at radius 2 is 1.95 bits per heavy atom. The zero-order chi connectivity index (χ0) is 29.8. The van der Waals surface area contributed by atoms with Crippen molar-refractivity contribution in [3.63, 3.8) is 0 Å². The van der Waals surface area contributed by atoms with Crippen molar-refractivity contribution in [2.75, 3.05) is 13.1 Å². The summed E-state index contributed by atoms with van der Waals surface area (Å²) in [6.07, 6.45) is 9.41. The highest BCUT2D eigenvalue weighted by atomic mass is 16.3. The van der Waals surface area contributed by atoms with Crippen LogP contribution < -0.4 is 10.6 Å². The number of aromatic nitrogens is 3. The Morgan fingerprint density at radius 1 is 1.12 bits per heavy atom. The first kappa shape index (κ1) is 28.7. The molecule has 0 radical (unpaired) electrons. The van der Waals surface area contributed by atoms with Gasteiger partial charge in [0.15, 0.2) is 0 Å². The van der Waals surface area contributed by atoms with Gasteiger partial charge in [-0.1, -0.05) is 30.3 Å². The lowest BCUT2D eigenvalue weighted by molar-refractivity contribution is 0.0715. The van der Waals surface area contributed by atoms with E-state index < -0.39 is 12.1 Å². The second kappa shape index (κ2) is 12.8. The molecular weight excluding hydrogens is 544 g/mol. The van der Waals surface area contributed by atoms with E-state index in [1.807, 2.05) is 37.3 Å². The second-order valence-electron chi connectivity index (χ2n) is 11.3. The minimum Gasteiger partial charge on any atom is -0.446 e. The van der Waals surface area contributed by atoms with E-state index in [2.05, 4.69) is 25.6 Å². The summed E-state index contributed by atoms with van der Waals surface area (Å²) in [5.41, 5.74) is 3.58. The normalized spacial score (nSPS) is 19.7. The highest BCUT2D eigenvalue weighted by molar-refractivity contribution is 6.01. The van der Waals surface area contributed by atoms with E-state index in [0.29, 0.717) is 41.2 Å². The van der Waals surface area contributed by atoms with Crippen molar-refractivity contribution in [2.24, 2.45) is 0 Å². The van der Waals surface area contributed by atoms with Crippen LogP contribution in [0.4, 0.5) is 0 Å². The van der Waals surface area contributed by atoms with Gasteiger partial charge in [0.2, 0.25) is 5.89 Å². The van der Waals surface area contributed by atoms with Crippen molar-refractivity contribution in [1.82, 2.24) is 30.5 Å². The molecule has 2 saturated heterocycles. The van der Waals surface area contributed by atoms with Crippen molar-refractivity contribution in [1.29, 1.82) is 0 Å². The molecule has 10 heteroatoms. The first-order chi connectivity index (χ1) is 21.0. The van der Waals surface area contributed by atoms with Crippen LogP contribution in [0.15, 0.2) is 77.8 Å². The number of oxazole rings is 1. The van der Waals surface area contributed by atoms with E-state index in [1.54, 1.807) is 48.0 Å². The van der Waals surface area contributed by atoms with Gasteiger partial charge in [0, 0.05) is 41.7 Å². The summed E-state index contributed by atoms with van der Waals surface area (Å²) in [7, 11) is 0. The number of aliphatic hydroxyl groups excluding tert-OH is 1. The van der Waals surface area contributed by atoms with Crippen LogP contribution in [0.2, 0.25) is 0 Å². The molecule has 4 atom stereocenters. The lowest BCUT2D eigenvalue weighted by Gasteiger charge is -2.29. The van der Waals surface area contributed by atoms with Gasteiger partial charge < -0.3 is 25.1 Å². The second-order valence-corrected chi connectivity index (χ2v) is 11.3. The number of hydrogen-bond acceptors (Lipinski definition) is 8. The third kappa shape index (κ3) is 6.50. The number of amides is 2. The van der Waals surface area contributed by atoms with Gasteiger partial charge in [-0.2, -0.15) is 0 Å². The molecule has 6 rings (SSSR count). The van der Waals surface area contributed by atoms with Crippen molar-refractivity contribution >= 4 is 11.8 Å². The third-order valence-corrected chi connectivity index (χ3v) is 8.27. The van der Waals surface area contributed by atoms with Crippen molar-refractivity contribution in [3.05, 3.63) is 102 Å². The van der Waals surface area contributed by atoms with Crippen LogP contribution in [-0.2, 0) is 6.42 Å². The molecule has 3 N–H and O–H groups in total. The Bertz CT molecular complexity index is 1550. The van der Waals surface area contributed by atoms with Crippen molar-refractivity contribution in [3.8, 4) is 11.3 Å². The quantitative estimate of drug-likeness (QED) is 0.272. The Labute approximate surface area is 250 Å². The minimum atomic E-state index is -0.787. The van der Waals surface area contributed by atoms with Crippen molar-refractivity contribution < 1.29 is 19.1 Å². The Kier molecular flexibility index (Phi) is 8.57. The molecule has 2 aliphatic rings. The first-order valence-corrected chi connectivity index (χ1v) is 14.9. The summed E-state index contributed by atoms with van der Waals surface area (Å²) < 4.78 is 5.66. The Morgan fingerprint density at radius 3 is 2.67 bits per heavy atom. The molecular formula is C33H36N6O4. The summed E-state index contributed by atoms with van der Waals surface area (Å²) >= 11 is 0. The molecule has 0 spiro atoms. The maximum absolute atomic E-state index is 14.0. The van der Waals surface area contributed by atoms with E-state index >= 15 is 0 Å². The average Bonchev–Trinajstić information content (AvgIpc) is 3.83. The molecule has 4 aromatic rings. The number of carbonyl (C=O) groups excluding carboxylic acids is 2. The highest BCUT2D eigenvalue weighted by Crippen LogP contribution is 2.33. The van der Waals surface area contributed by atoms with Crippen molar-refractivity contribution in [2.45, 2.75) is 63.3 Å². The SMILES string of the molecule is Cc1coc([C@H]2CCCN2C(=O)c2cc(C(=O)N[C@@H](Cc3ccccc3)[C@@H](O)[C@H]3CCCN3)cc(-c3cnccn3)c2)n1. The summed E-state index contributed by atoms with van der Waals surface area (Å²) in [6.45, 7) is 3.25. The van der Waals surface area contributed by atoms with E-state index in [4.69, 9.17) is 4.42 Å². The molecule has 2 aromatic heterocycles. The fourth-order valence-electron chi connectivity index (χ4n) is 6.10. The predicted octanol–water partition coefficient (Wildman–Crippen LogP) is 3.87. The molecule has 4 heterocycles. The maximum atomic E-state index is 14.0. The number of nitrogens with one attached hydrogen (secondary N) is 2. The smallest absolute Gasteiger partial charge is 0.254 e. The molecule has 2 amide bonds. The number of aliphatic hydroxyl groups is 1. The maximum Gasteiger partial charge on any atom is 0.254 e. The molecule has 2 fully saturated rings. The zero-order valence-electron chi connectivity index (χ0n) is 24.1. The van der Waals surface area contributed by atoms with Crippen LogP contribution in [0.3, 0.4) is 0 Å². The number of aryl methyl sites for hydroxylation is 1. The van der Waals surface area contributed by atoms with Crippen LogP contribution in [0.25, 0.3) is 11.3 Å². The molecule has 43 heavy (non-hydrogen) atoms. The number of benzene rings is 2. The molecule has 0 aliphatic carbocycles. The summed E-state index contributed by atoms with van der Waals surface area (Å²) in [5.74, 6) is -0.0714. The molecule has 2 aromatic carbocycles. The molecule has 0 saturated carbocycles. The van der Waals surface area contributed by atoms with Gasteiger partial charge in [-0.05, 0) is 69.3 Å². The van der Waals surface area contributed by atoms with Crippen LogP contribution in [0.1, 0.15) is 69.6 Å². The minimum absolute atomic E-state index is 0.108. The summed E-state index contributed by atoms with van der Waals surface area (Å²) in [5, 5.41) is 17.8. The standard InChI is InChI=1S/C33H36N6O4/c1-21-20-43-32(37-21)29-10-6-14-39(29)33(42)25-17-23(28-19-34-12-13-36-28)16-24(18-25)31(41)38-27(15-22-7-3-2-4-8-22)30(40)26-9-5-11-35-26/h2-4,7-8,12-13,16-20,26-27,29-30,35,40H,5-6,9-11,14-15H2,1H3,(H,38,41)/t26-,27+,29-,30+/m1/s1. The number of carbonyl (C=O) groups is 2. The van der Waals surface area contributed by atoms with Gasteiger partial charge in [0.25, 0.3) is 11.8 Å².